The molecule has 6 heteroatoms. The van der Waals surface area contributed by atoms with Crippen LogP contribution in [-0.4, -0.2) is 37.2 Å². The molecule has 0 rings (SSSR count). The quantitative estimate of drug-likeness (QED) is 0.0262. The Kier molecular flexibility index (Phi) is 55.3. The van der Waals surface area contributed by atoms with Crippen LogP contribution in [0.2, 0.25) is 0 Å². The summed E-state index contributed by atoms with van der Waals surface area (Å²) in [6.45, 7) is 6.51. The Hall–Kier alpha value is -2.89. The van der Waals surface area contributed by atoms with Crippen LogP contribution in [0.5, 0.6) is 0 Å². The summed E-state index contributed by atoms with van der Waals surface area (Å²) in [5.74, 6) is -0.863. The normalized spacial score (nSPS) is 12.4. The van der Waals surface area contributed by atoms with Crippen LogP contribution in [0.3, 0.4) is 0 Å². The molecule has 0 aliphatic carbocycles. The molecule has 0 aromatic rings. The predicted octanol–water partition coefficient (Wildman–Crippen LogP) is 20.0. The van der Waals surface area contributed by atoms with Crippen molar-refractivity contribution in [2.45, 2.75) is 309 Å². The summed E-state index contributed by atoms with van der Waals surface area (Å²) in [5, 5.41) is 0. The van der Waals surface area contributed by atoms with Gasteiger partial charge in [-0.05, 0) is 64.2 Å². The van der Waals surface area contributed by atoms with Gasteiger partial charge in [0.1, 0.15) is 13.2 Å². The molecule has 0 aliphatic heterocycles. The van der Waals surface area contributed by atoms with Crippen molar-refractivity contribution in [3.63, 3.8) is 0 Å². The van der Waals surface area contributed by atoms with E-state index < -0.39 is 6.10 Å². The van der Waals surface area contributed by atoms with Crippen LogP contribution in [0, 0.1) is 0 Å². The summed E-state index contributed by atoms with van der Waals surface area (Å²) < 4.78 is 16.8. The highest BCUT2D eigenvalue weighted by Gasteiger charge is 2.19. The smallest absolute Gasteiger partial charge is 0.306 e. The van der Waals surface area contributed by atoms with Gasteiger partial charge < -0.3 is 14.2 Å². The maximum atomic E-state index is 12.8. The van der Waals surface area contributed by atoms with E-state index in [4.69, 9.17) is 14.2 Å². The summed E-state index contributed by atoms with van der Waals surface area (Å²) >= 11 is 0. The van der Waals surface area contributed by atoms with E-state index in [1.165, 1.54) is 173 Å². The number of carbonyl (C=O) groups is 3. The van der Waals surface area contributed by atoms with E-state index in [0.717, 1.165) is 89.9 Å². The second-order valence-corrected chi connectivity index (χ2v) is 19.9. The van der Waals surface area contributed by atoms with Gasteiger partial charge in [0.25, 0.3) is 0 Å². The first kappa shape index (κ1) is 66.1. The number of hydrogen-bond donors (Lipinski definition) is 0. The molecule has 0 heterocycles. The number of carbonyl (C=O) groups excluding carboxylic acids is 3. The Bertz CT molecular complexity index is 1250. The van der Waals surface area contributed by atoms with Gasteiger partial charge in [-0.25, -0.2) is 0 Å². The third kappa shape index (κ3) is 55.9. The molecule has 0 bridgehead atoms. The molecule has 6 nitrogen and oxygen atoms in total. The third-order valence-electron chi connectivity index (χ3n) is 13.0. The van der Waals surface area contributed by atoms with E-state index in [1.807, 2.05) is 0 Å². The van der Waals surface area contributed by atoms with Crippen molar-refractivity contribution >= 4 is 17.9 Å². The summed E-state index contributed by atoms with van der Waals surface area (Å²) in [6, 6.07) is 0. The number of unbranched alkanes of at least 4 members (excludes halogenated alkanes) is 33. The van der Waals surface area contributed by atoms with Crippen molar-refractivity contribution in [2.75, 3.05) is 13.2 Å². The van der Waals surface area contributed by atoms with Gasteiger partial charge in [-0.1, -0.05) is 281 Å². The molecule has 0 aromatic heterocycles. The maximum absolute atomic E-state index is 12.8. The third-order valence-corrected chi connectivity index (χ3v) is 13.0. The molecule has 400 valence electrons. The van der Waals surface area contributed by atoms with Gasteiger partial charge in [-0.3, -0.25) is 14.4 Å². The van der Waals surface area contributed by atoms with Gasteiger partial charge in [-0.2, -0.15) is 0 Å². The topological polar surface area (TPSA) is 78.9 Å². The lowest BCUT2D eigenvalue weighted by Crippen LogP contribution is -2.30. The highest BCUT2D eigenvalue weighted by Crippen LogP contribution is 2.17. The van der Waals surface area contributed by atoms with Gasteiger partial charge >= 0.3 is 17.9 Å². The summed E-state index contributed by atoms with van der Waals surface area (Å²) in [7, 11) is 0. The molecule has 0 aromatic carbocycles. The number of allylic oxidation sites excluding steroid dienone is 10. The van der Waals surface area contributed by atoms with Crippen molar-refractivity contribution in [1.29, 1.82) is 0 Å². The van der Waals surface area contributed by atoms with Crippen molar-refractivity contribution < 1.29 is 28.6 Å². The highest BCUT2D eigenvalue weighted by atomic mass is 16.6. The van der Waals surface area contributed by atoms with Gasteiger partial charge in [0, 0.05) is 19.3 Å². The molecule has 1 atom stereocenters. The average Bonchev–Trinajstić information content (AvgIpc) is 3.35. The molecule has 0 aliphatic rings. The number of esters is 3. The van der Waals surface area contributed by atoms with Crippen LogP contribution in [0.1, 0.15) is 303 Å². The number of hydrogen-bond acceptors (Lipinski definition) is 6. The second kappa shape index (κ2) is 57.7. The lowest BCUT2D eigenvalue weighted by atomic mass is 10.0. The van der Waals surface area contributed by atoms with E-state index in [0.29, 0.717) is 19.3 Å². The van der Waals surface area contributed by atoms with Gasteiger partial charge in [0.15, 0.2) is 6.10 Å². The maximum Gasteiger partial charge on any atom is 0.306 e. The van der Waals surface area contributed by atoms with Gasteiger partial charge in [0.05, 0.1) is 0 Å². The van der Waals surface area contributed by atoms with E-state index in [2.05, 4.69) is 81.5 Å². The molecule has 0 radical (unpaired) electrons. The minimum Gasteiger partial charge on any atom is -0.462 e. The lowest BCUT2D eigenvalue weighted by molar-refractivity contribution is -0.167. The average molecular weight is 966 g/mol. The number of rotatable bonds is 54. The first-order valence-corrected chi connectivity index (χ1v) is 29.8. The standard InChI is InChI=1S/C63H112O6/c1-4-7-10-13-16-18-20-22-24-25-26-27-28-29-30-31-32-33-34-35-36-37-39-40-42-44-47-50-53-56-62(65)68-59-60(58-67-61(64)55-52-49-46-15-12-9-6-3)69-63(66)57-54-51-48-45-43-41-38-23-21-19-17-14-11-8-5-2/h7,10,16,18,22,24,26-27,29-30,60H,4-6,8-9,11-15,17,19-21,23,25,28,31-59H2,1-3H3/b10-7-,18-16-,24-22-,27-26-,30-29-. The zero-order valence-electron chi connectivity index (χ0n) is 45.8. The Balaban J connectivity index is 4.07. The SMILES string of the molecule is CC/C=C\C/C=C\C/C=C\C/C=C\C/C=C\CCCCCCCCCCCCCCCC(=O)OCC(COC(=O)CCCCCCCCC)OC(=O)CCCCCCCCCCCCCCCCC. The molecule has 0 amide bonds. The Labute approximate surface area is 428 Å². The number of ether oxygens (including phenoxy) is 3. The minimum atomic E-state index is -0.768. The van der Waals surface area contributed by atoms with Crippen molar-refractivity contribution in [1.82, 2.24) is 0 Å². The predicted molar refractivity (Wildman–Crippen MR) is 298 cm³/mol. The summed E-state index contributed by atoms with van der Waals surface area (Å²) in [4.78, 5) is 37.9. The first-order chi connectivity index (χ1) is 34.0. The summed E-state index contributed by atoms with van der Waals surface area (Å²) in [5.41, 5.74) is 0. The Morgan fingerprint density at radius 2 is 0.565 bits per heavy atom. The van der Waals surface area contributed by atoms with Crippen LogP contribution in [0.15, 0.2) is 60.8 Å². The fraction of sp³-hybridized carbons (Fsp3) is 0.794. The van der Waals surface area contributed by atoms with E-state index in [1.54, 1.807) is 0 Å². The van der Waals surface area contributed by atoms with E-state index in [-0.39, 0.29) is 31.1 Å². The van der Waals surface area contributed by atoms with Crippen LogP contribution in [-0.2, 0) is 28.6 Å². The summed E-state index contributed by atoms with van der Waals surface area (Å²) in [6.07, 6.45) is 72.4. The molecule has 0 N–H and O–H groups in total. The van der Waals surface area contributed by atoms with Crippen molar-refractivity contribution in [3.05, 3.63) is 60.8 Å². The van der Waals surface area contributed by atoms with Crippen LogP contribution < -0.4 is 0 Å². The van der Waals surface area contributed by atoms with E-state index in [9.17, 15) is 14.4 Å². The zero-order chi connectivity index (χ0) is 50.0. The Morgan fingerprint density at radius 1 is 0.304 bits per heavy atom. The Morgan fingerprint density at radius 3 is 0.884 bits per heavy atom. The van der Waals surface area contributed by atoms with E-state index >= 15 is 0 Å². The molecule has 1 unspecified atom stereocenters. The highest BCUT2D eigenvalue weighted by molar-refractivity contribution is 5.71. The molecule has 69 heavy (non-hydrogen) atoms. The van der Waals surface area contributed by atoms with Crippen LogP contribution in [0.4, 0.5) is 0 Å². The van der Waals surface area contributed by atoms with Crippen LogP contribution >= 0.6 is 0 Å². The fourth-order valence-electron chi connectivity index (χ4n) is 8.59. The molecular weight excluding hydrogens is 853 g/mol. The van der Waals surface area contributed by atoms with Gasteiger partial charge in [-0.15, -0.1) is 0 Å². The largest absolute Gasteiger partial charge is 0.462 e. The monoisotopic (exact) mass is 965 g/mol. The molecule has 0 saturated heterocycles. The van der Waals surface area contributed by atoms with Crippen molar-refractivity contribution in [2.24, 2.45) is 0 Å². The van der Waals surface area contributed by atoms with Crippen LogP contribution in [0.25, 0.3) is 0 Å². The zero-order valence-corrected chi connectivity index (χ0v) is 45.8. The second-order valence-electron chi connectivity index (χ2n) is 19.9. The molecule has 0 fully saturated rings. The fourth-order valence-corrected chi connectivity index (χ4v) is 8.59. The van der Waals surface area contributed by atoms with Crippen molar-refractivity contribution in [3.8, 4) is 0 Å². The van der Waals surface area contributed by atoms with Gasteiger partial charge in [0.2, 0.25) is 0 Å². The lowest BCUT2D eigenvalue weighted by Gasteiger charge is -2.18. The molecular formula is C63H112O6. The first-order valence-electron chi connectivity index (χ1n) is 29.8. The molecule has 0 spiro atoms. The minimum absolute atomic E-state index is 0.0698. The molecule has 0 saturated carbocycles.